The van der Waals surface area contributed by atoms with E-state index in [9.17, 15) is 4.79 Å². The summed E-state index contributed by atoms with van der Waals surface area (Å²) in [6.45, 7) is 6.12. The Morgan fingerprint density at radius 1 is 1.50 bits per heavy atom. The van der Waals surface area contributed by atoms with E-state index in [4.69, 9.17) is 0 Å². The number of nitrogens with one attached hydrogen (secondary N) is 1. The molecule has 1 aliphatic rings. The van der Waals surface area contributed by atoms with Crippen molar-refractivity contribution in [3.63, 3.8) is 0 Å². The highest BCUT2D eigenvalue weighted by atomic mass is 16.2. The van der Waals surface area contributed by atoms with Gasteiger partial charge >= 0.3 is 0 Å². The zero-order valence-electron chi connectivity index (χ0n) is 9.55. The minimum absolute atomic E-state index is 0.0764. The van der Waals surface area contributed by atoms with Crippen LogP contribution in [0.15, 0.2) is 0 Å². The first-order chi connectivity index (χ1) is 6.61. The van der Waals surface area contributed by atoms with E-state index in [-0.39, 0.29) is 11.9 Å². The van der Waals surface area contributed by atoms with Crippen LogP contribution in [0.2, 0.25) is 0 Å². The number of likely N-dealkylation sites (N-methyl/N-ethyl adjacent to an activating group) is 1. The summed E-state index contributed by atoms with van der Waals surface area (Å²) >= 11 is 0. The third-order valence-electron chi connectivity index (χ3n) is 2.62. The van der Waals surface area contributed by atoms with Gasteiger partial charge in [-0.25, -0.2) is 0 Å². The van der Waals surface area contributed by atoms with Crippen molar-refractivity contribution in [2.24, 2.45) is 5.92 Å². The number of amides is 1. The van der Waals surface area contributed by atoms with Gasteiger partial charge in [0.2, 0.25) is 5.91 Å². The molecule has 1 unspecified atom stereocenters. The zero-order valence-corrected chi connectivity index (χ0v) is 9.55. The van der Waals surface area contributed by atoms with Crippen molar-refractivity contribution in [1.82, 2.24) is 10.2 Å². The molecule has 0 radical (unpaired) electrons. The Bertz CT molecular complexity index is 186. The van der Waals surface area contributed by atoms with Crippen molar-refractivity contribution in [2.75, 3.05) is 20.1 Å². The van der Waals surface area contributed by atoms with Gasteiger partial charge in [-0.15, -0.1) is 0 Å². The molecule has 0 aromatic heterocycles. The Balaban J connectivity index is 2.38. The number of piperidine rings is 1. The predicted octanol–water partition coefficient (Wildman–Crippen LogP) is 1.24. The number of rotatable bonds is 3. The first kappa shape index (κ1) is 11.5. The maximum absolute atomic E-state index is 11.9. The van der Waals surface area contributed by atoms with Gasteiger partial charge in [0, 0.05) is 13.6 Å². The lowest BCUT2D eigenvalue weighted by Gasteiger charge is -2.28. The van der Waals surface area contributed by atoms with Crippen LogP contribution in [-0.4, -0.2) is 37.0 Å². The summed E-state index contributed by atoms with van der Waals surface area (Å²) in [5.41, 5.74) is 0. The molecule has 1 amide bonds. The summed E-state index contributed by atoms with van der Waals surface area (Å²) in [5.74, 6) is 0.811. The van der Waals surface area contributed by atoms with Crippen LogP contribution in [0.4, 0.5) is 0 Å². The topological polar surface area (TPSA) is 32.3 Å². The van der Waals surface area contributed by atoms with E-state index in [1.165, 1.54) is 12.8 Å². The van der Waals surface area contributed by atoms with E-state index in [0.29, 0.717) is 5.92 Å². The second-order valence-electron chi connectivity index (χ2n) is 4.62. The van der Waals surface area contributed by atoms with E-state index in [0.717, 1.165) is 19.5 Å². The highest BCUT2D eigenvalue weighted by molar-refractivity contribution is 5.81. The third-order valence-corrected chi connectivity index (χ3v) is 2.62. The molecule has 0 aromatic carbocycles. The first-order valence-corrected chi connectivity index (χ1v) is 5.59. The van der Waals surface area contributed by atoms with Crippen molar-refractivity contribution in [3.8, 4) is 0 Å². The average Bonchev–Trinajstić information content (AvgIpc) is 2.17. The van der Waals surface area contributed by atoms with Crippen molar-refractivity contribution < 1.29 is 4.79 Å². The lowest BCUT2D eigenvalue weighted by atomic mass is 10.0. The summed E-state index contributed by atoms with van der Waals surface area (Å²) < 4.78 is 0. The largest absolute Gasteiger partial charge is 0.344 e. The Morgan fingerprint density at radius 3 is 2.71 bits per heavy atom. The van der Waals surface area contributed by atoms with Gasteiger partial charge in [0.1, 0.15) is 0 Å². The summed E-state index contributed by atoms with van der Waals surface area (Å²) in [4.78, 5) is 13.8. The average molecular weight is 198 g/mol. The van der Waals surface area contributed by atoms with Gasteiger partial charge in [0.15, 0.2) is 0 Å². The number of carbonyl (C=O) groups is 1. The van der Waals surface area contributed by atoms with Gasteiger partial charge in [-0.05, 0) is 25.3 Å². The SMILES string of the molecule is CC(C)CN(C)C(=O)C1CCCCN1. The minimum atomic E-state index is 0.0764. The molecule has 1 heterocycles. The highest BCUT2D eigenvalue weighted by Gasteiger charge is 2.23. The predicted molar refractivity (Wildman–Crippen MR) is 58.1 cm³/mol. The van der Waals surface area contributed by atoms with Crippen LogP contribution in [-0.2, 0) is 4.79 Å². The third kappa shape index (κ3) is 3.29. The summed E-state index contributed by atoms with van der Waals surface area (Å²) in [7, 11) is 1.90. The number of hydrogen-bond acceptors (Lipinski definition) is 2. The second-order valence-corrected chi connectivity index (χ2v) is 4.62. The van der Waals surface area contributed by atoms with Crippen molar-refractivity contribution >= 4 is 5.91 Å². The molecular weight excluding hydrogens is 176 g/mol. The molecule has 0 aliphatic carbocycles. The maximum atomic E-state index is 11.9. The van der Waals surface area contributed by atoms with E-state index < -0.39 is 0 Å². The van der Waals surface area contributed by atoms with Crippen LogP contribution in [0, 0.1) is 5.92 Å². The fourth-order valence-electron chi connectivity index (χ4n) is 1.97. The maximum Gasteiger partial charge on any atom is 0.239 e. The number of carbonyl (C=O) groups excluding carboxylic acids is 1. The minimum Gasteiger partial charge on any atom is -0.344 e. The van der Waals surface area contributed by atoms with E-state index in [1.807, 2.05) is 11.9 Å². The molecule has 1 saturated heterocycles. The quantitative estimate of drug-likeness (QED) is 0.740. The molecule has 0 aromatic rings. The van der Waals surface area contributed by atoms with E-state index in [2.05, 4.69) is 19.2 Å². The van der Waals surface area contributed by atoms with Gasteiger partial charge in [0.05, 0.1) is 6.04 Å². The van der Waals surface area contributed by atoms with Crippen LogP contribution in [0.25, 0.3) is 0 Å². The van der Waals surface area contributed by atoms with Gasteiger partial charge in [-0.2, -0.15) is 0 Å². The van der Waals surface area contributed by atoms with Crippen molar-refractivity contribution in [1.29, 1.82) is 0 Å². The van der Waals surface area contributed by atoms with Crippen LogP contribution in [0.1, 0.15) is 33.1 Å². The monoisotopic (exact) mass is 198 g/mol. The molecule has 1 aliphatic heterocycles. The molecule has 14 heavy (non-hydrogen) atoms. The second kappa shape index (κ2) is 5.35. The molecule has 3 heteroatoms. The normalized spacial score (nSPS) is 22.4. The Morgan fingerprint density at radius 2 is 2.21 bits per heavy atom. The smallest absolute Gasteiger partial charge is 0.239 e. The molecule has 0 spiro atoms. The van der Waals surface area contributed by atoms with Gasteiger partial charge in [-0.3, -0.25) is 4.79 Å². The Kier molecular flexibility index (Phi) is 4.39. The fourth-order valence-corrected chi connectivity index (χ4v) is 1.97. The van der Waals surface area contributed by atoms with E-state index >= 15 is 0 Å². The van der Waals surface area contributed by atoms with Crippen LogP contribution >= 0.6 is 0 Å². The van der Waals surface area contributed by atoms with Crippen molar-refractivity contribution in [2.45, 2.75) is 39.2 Å². The Hall–Kier alpha value is -0.570. The highest BCUT2D eigenvalue weighted by Crippen LogP contribution is 2.09. The molecule has 1 N–H and O–H groups in total. The lowest BCUT2D eigenvalue weighted by molar-refractivity contribution is -0.133. The molecule has 82 valence electrons. The number of hydrogen-bond donors (Lipinski definition) is 1. The van der Waals surface area contributed by atoms with Crippen molar-refractivity contribution in [3.05, 3.63) is 0 Å². The van der Waals surface area contributed by atoms with Gasteiger partial charge in [-0.1, -0.05) is 20.3 Å². The van der Waals surface area contributed by atoms with Crippen LogP contribution in [0.3, 0.4) is 0 Å². The Labute approximate surface area is 86.9 Å². The summed E-state index contributed by atoms with van der Waals surface area (Å²) in [5, 5.41) is 3.28. The van der Waals surface area contributed by atoms with Gasteiger partial charge in [0.25, 0.3) is 0 Å². The molecule has 1 rings (SSSR count). The zero-order chi connectivity index (χ0) is 10.6. The molecular formula is C11H22N2O. The van der Waals surface area contributed by atoms with Crippen LogP contribution < -0.4 is 5.32 Å². The molecule has 0 bridgehead atoms. The molecule has 3 nitrogen and oxygen atoms in total. The van der Waals surface area contributed by atoms with Crippen LogP contribution in [0.5, 0.6) is 0 Å². The summed E-state index contributed by atoms with van der Waals surface area (Å²) in [6, 6.07) is 0.0764. The fraction of sp³-hybridized carbons (Fsp3) is 0.909. The molecule has 1 atom stereocenters. The van der Waals surface area contributed by atoms with E-state index in [1.54, 1.807) is 0 Å². The molecule has 0 saturated carbocycles. The molecule has 1 fully saturated rings. The summed E-state index contributed by atoms with van der Waals surface area (Å²) in [6.07, 6.45) is 3.39. The first-order valence-electron chi connectivity index (χ1n) is 5.59. The number of nitrogens with zero attached hydrogens (tertiary/aromatic N) is 1. The standard InChI is InChI=1S/C11H22N2O/c1-9(2)8-13(3)11(14)10-6-4-5-7-12-10/h9-10,12H,4-8H2,1-3H3. The van der Waals surface area contributed by atoms with Gasteiger partial charge < -0.3 is 10.2 Å². The lowest BCUT2D eigenvalue weighted by Crippen LogP contribution is -2.48.